The molecule has 0 spiro atoms. The predicted molar refractivity (Wildman–Crippen MR) is 104 cm³/mol. The van der Waals surface area contributed by atoms with Gasteiger partial charge >= 0.3 is 5.97 Å². The summed E-state index contributed by atoms with van der Waals surface area (Å²) < 4.78 is 4.95. The molecule has 0 aromatic carbocycles. The standard InChI is InChI=1S/C19H26N6O2/c1-2-27-18(26)16-5-6-17(23-15-16)20-9-4-10-24-11-13-25(14-12-24)19-21-7-3-8-22-19/h3,5-8,15H,2,4,9-14H2,1H3,(H,20,23). The first kappa shape index (κ1) is 19.0. The summed E-state index contributed by atoms with van der Waals surface area (Å²) >= 11 is 0. The molecule has 1 aliphatic rings. The number of hydrogen-bond donors (Lipinski definition) is 1. The molecule has 2 aromatic rings. The molecule has 1 N–H and O–H groups in total. The number of carbonyl (C=O) groups is 1. The highest BCUT2D eigenvalue weighted by Crippen LogP contribution is 2.10. The first-order valence-corrected chi connectivity index (χ1v) is 9.37. The predicted octanol–water partition coefficient (Wildman–Crippen LogP) is 1.67. The molecule has 0 bridgehead atoms. The van der Waals surface area contributed by atoms with Crippen LogP contribution in [0.2, 0.25) is 0 Å². The first-order valence-electron chi connectivity index (χ1n) is 9.37. The summed E-state index contributed by atoms with van der Waals surface area (Å²) in [5.41, 5.74) is 0.475. The van der Waals surface area contributed by atoms with Crippen molar-refractivity contribution in [3.63, 3.8) is 0 Å². The lowest BCUT2D eigenvalue weighted by Crippen LogP contribution is -2.47. The van der Waals surface area contributed by atoms with E-state index in [1.807, 2.05) is 12.1 Å². The van der Waals surface area contributed by atoms with Gasteiger partial charge in [0.2, 0.25) is 5.95 Å². The fraction of sp³-hybridized carbons (Fsp3) is 0.474. The van der Waals surface area contributed by atoms with Gasteiger partial charge in [-0.25, -0.2) is 19.7 Å². The summed E-state index contributed by atoms with van der Waals surface area (Å²) in [4.78, 5) is 29.2. The van der Waals surface area contributed by atoms with Gasteiger partial charge in [0, 0.05) is 51.3 Å². The van der Waals surface area contributed by atoms with E-state index in [-0.39, 0.29) is 5.97 Å². The van der Waals surface area contributed by atoms with Crippen molar-refractivity contribution >= 4 is 17.7 Å². The number of pyridine rings is 1. The molecular formula is C19H26N6O2. The van der Waals surface area contributed by atoms with Gasteiger partial charge in [0.05, 0.1) is 12.2 Å². The van der Waals surface area contributed by atoms with Crippen LogP contribution in [0.15, 0.2) is 36.8 Å². The Balaban J connectivity index is 1.33. The minimum Gasteiger partial charge on any atom is -0.462 e. The van der Waals surface area contributed by atoms with Crippen molar-refractivity contribution in [2.75, 3.05) is 56.1 Å². The van der Waals surface area contributed by atoms with Gasteiger partial charge in [0.25, 0.3) is 0 Å². The SMILES string of the molecule is CCOC(=O)c1ccc(NCCCN2CCN(c3ncccn3)CC2)nc1. The van der Waals surface area contributed by atoms with E-state index < -0.39 is 0 Å². The summed E-state index contributed by atoms with van der Waals surface area (Å²) in [6, 6.07) is 5.38. The third-order valence-corrected chi connectivity index (χ3v) is 4.44. The molecule has 0 radical (unpaired) electrons. The van der Waals surface area contributed by atoms with Crippen LogP contribution in [0, 0.1) is 0 Å². The minimum atomic E-state index is -0.336. The normalized spacial score (nSPS) is 14.8. The molecular weight excluding hydrogens is 344 g/mol. The van der Waals surface area contributed by atoms with E-state index in [0.29, 0.717) is 12.2 Å². The number of esters is 1. The molecule has 0 atom stereocenters. The van der Waals surface area contributed by atoms with Crippen LogP contribution in [0.1, 0.15) is 23.7 Å². The maximum absolute atomic E-state index is 11.6. The molecule has 0 saturated carbocycles. The molecule has 3 rings (SSSR count). The number of nitrogens with one attached hydrogen (secondary N) is 1. The third-order valence-electron chi connectivity index (χ3n) is 4.44. The molecule has 1 saturated heterocycles. The number of rotatable bonds is 8. The van der Waals surface area contributed by atoms with Crippen molar-refractivity contribution in [1.29, 1.82) is 0 Å². The average molecular weight is 370 g/mol. The Morgan fingerprint density at radius 1 is 1.15 bits per heavy atom. The summed E-state index contributed by atoms with van der Waals surface area (Å²) in [5.74, 6) is 1.25. The molecule has 27 heavy (non-hydrogen) atoms. The summed E-state index contributed by atoms with van der Waals surface area (Å²) in [5, 5.41) is 3.30. The zero-order chi connectivity index (χ0) is 18.9. The maximum atomic E-state index is 11.6. The Labute approximate surface area is 159 Å². The van der Waals surface area contributed by atoms with E-state index >= 15 is 0 Å². The van der Waals surface area contributed by atoms with Crippen LogP contribution in [0.5, 0.6) is 0 Å². The molecule has 0 amide bonds. The van der Waals surface area contributed by atoms with Crippen molar-refractivity contribution in [1.82, 2.24) is 19.9 Å². The van der Waals surface area contributed by atoms with E-state index in [1.165, 1.54) is 0 Å². The Bertz CT molecular complexity index is 702. The molecule has 0 unspecified atom stereocenters. The van der Waals surface area contributed by atoms with Gasteiger partial charge in [-0.05, 0) is 38.1 Å². The number of piperazine rings is 1. The number of ether oxygens (including phenoxy) is 1. The second kappa shape index (κ2) is 9.82. The summed E-state index contributed by atoms with van der Waals surface area (Å²) in [6.45, 7) is 7.98. The monoisotopic (exact) mass is 370 g/mol. The van der Waals surface area contributed by atoms with Crippen LogP contribution >= 0.6 is 0 Å². The number of nitrogens with zero attached hydrogens (tertiary/aromatic N) is 5. The highest BCUT2D eigenvalue weighted by atomic mass is 16.5. The van der Waals surface area contributed by atoms with Crippen molar-refractivity contribution < 1.29 is 9.53 Å². The van der Waals surface area contributed by atoms with Crippen LogP contribution in [0.4, 0.5) is 11.8 Å². The fourth-order valence-electron chi connectivity index (χ4n) is 2.98. The number of carbonyl (C=O) groups excluding carboxylic acids is 1. The Kier molecular flexibility index (Phi) is 6.92. The van der Waals surface area contributed by atoms with Crippen molar-refractivity contribution in [3.05, 3.63) is 42.4 Å². The number of aromatic nitrogens is 3. The maximum Gasteiger partial charge on any atom is 0.339 e. The van der Waals surface area contributed by atoms with Crippen LogP contribution < -0.4 is 10.2 Å². The minimum absolute atomic E-state index is 0.336. The van der Waals surface area contributed by atoms with E-state index in [0.717, 1.165) is 57.5 Å². The largest absolute Gasteiger partial charge is 0.462 e. The topological polar surface area (TPSA) is 83.5 Å². The number of hydrogen-bond acceptors (Lipinski definition) is 8. The molecule has 2 aromatic heterocycles. The van der Waals surface area contributed by atoms with E-state index in [1.54, 1.807) is 31.6 Å². The van der Waals surface area contributed by atoms with Gasteiger partial charge in [0.1, 0.15) is 5.82 Å². The fourth-order valence-corrected chi connectivity index (χ4v) is 2.98. The zero-order valence-electron chi connectivity index (χ0n) is 15.7. The quantitative estimate of drug-likeness (QED) is 0.555. The lowest BCUT2D eigenvalue weighted by Gasteiger charge is -2.34. The van der Waals surface area contributed by atoms with Crippen LogP contribution in [0.3, 0.4) is 0 Å². The second-order valence-electron chi connectivity index (χ2n) is 6.31. The summed E-state index contributed by atoms with van der Waals surface area (Å²) in [7, 11) is 0. The Morgan fingerprint density at radius 3 is 2.59 bits per heavy atom. The number of anilines is 2. The van der Waals surface area contributed by atoms with Gasteiger partial charge in [-0.1, -0.05) is 0 Å². The molecule has 8 heteroatoms. The first-order chi connectivity index (χ1) is 13.3. The van der Waals surface area contributed by atoms with E-state index in [9.17, 15) is 4.79 Å². The lowest BCUT2D eigenvalue weighted by atomic mass is 10.2. The smallest absolute Gasteiger partial charge is 0.339 e. The van der Waals surface area contributed by atoms with Crippen molar-refractivity contribution in [2.24, 2.45) is 0 Å². The molecule has 1 aliphatic heterocycles. The Hall–Kier alpha value is -2.74. The lowest BCUT2D eigenvalue weighted by molar-refractivity contribution is 0.0526. The van der Waals surface area contributed by atoms with Gasteiger partial charge in [-0.3, -0.25) is 4.90 Å². The van der Waals surface area contributed by atoms with Crippen molar-refractivity contribution in [2.45, 2.75) is 13.3 Å². The van der Waals surface area contributed by atoms with E-state index in [2.05, 4.69) is 30.1 Å². The molecule has 8 nitrogen and oxygen atoms in total. The highest BCUT2D eigenvalue weighted by Gasteiger charge is 2.18. The zero-order valence-corrected chi connectivity index (χ0v) is 15.7. The average Bonchev–Trinajstić information content (AvgIpc) is 2.73. The molecule has 3 heterocycles. The third kappa shape index (κ3) is 5.62. The molecule has 1 fully saturated rings. The van der Waals surface area contributed by atoms with Crippen LogP contribution in [0.25, 0.3) is 0 Å². The van der Waals surface area contributed by atoms with Crippen LogP contribution in [-0.4, -0.2) is 71.7 Å². The highest BCUT2D eigenvalue weighted by molar-refractivity contribution is 5.89. The van der Waals surface area contributed by atoms with Gasteiger partial charge < -0.3 is 15.0 Å². The second-order valence-corrected chi connectivity index (χ2v) is 6.31. The molecule has 0 aliphatic carbocycles. The van der Waals surface area contributed by atoms with Gasteiger partial charge in [0.15, 0.2) is 0 Å². The summed E-state index contributed by atoms with van der Waals surface area (Å²) in [6.07, 6.45) is 6.15. The molecule has 144 valence electrons. The van der Waals surface area contributed by atoms with E-state index in [4.69, 9.17) is 4.74 Å². The van der Waals surface area contributed by atoms with Crippen molar-refractivity contribution in [3.8, 4) is 0 Å². The van der Waals surface area contributed by atoms with Gasteiger partial charge in [-0.2, -0.15) is 0 Å². The van der Waals surface area contributed by atoms with Gasteiger partial charge in [-0.15, -0.1) is 0 Å². The Morgan fingerprint density at radius 2 is 1.93 bits per heavy atom. The van der Waals surface area contributed by atoms with Crippen LogP contribution in [-0.2, 0) is 4.74 Å².